The number of phenolic OH excluding ortho intramolecular Hbond substituents is 1. The number of likely N-dealkylation sites (tertiary alicyclic amines) is 1. The first-order chi connectivity index (χ1) is 16.3. The van der Waals surface area contributed by atoms with Crippen LogP contribution in [0.2, 0.25) is 0 Å². The van der Waals surface area contributed by atoms with Crippen LogP contribution in [0.4, 0.5) is 19.0 Å². The number of hydrogen-bond acceptors (Lipinski definition) is 6. The lowest BCUT2D eigenvalue weighted by Gasteiger charge is -2.45. The fraction of sp³-hybridized carbons (Fsp3) is 0.600. The van der Waals surface area contributed by atoms with E-state index in [0.717, 1.165) is 81.1 Å². The molecule has 0 unspecified atom stereocenters. The van der Waals surface area contributed by atoms with Gasteiger partial charge in [0, 0.05) is 36.3 Å². The van der Waals surface area contributed by atoms with Gasteiger partial charge >= 0.3 is 6.18 Å². The third-order valence-corrected chi connectivity index (χ3v) is 7.69. The SMILES string of the molecule is Cc1c(-c2ccc(C(F)(F)F)cc2O)nnc2c1CCCN2[C@@H]1CCCN(C2CCNCC2)C1. The number of hydrogen-bond donors (Lipinski definition) is 2. The van der Waals surface area contributed by atoms with E-state index in [9.17, 15) is 18.3 Å². The van der Waals surface area contributed by atoms with Crippen LogP contribution < -0.4 is 10.2 Å². The van der Waals surface area contributed by atoms with Gasteiger partial charge in [0.15, 0.2) is 5.82 Å². The van der Waals surface area contributed by atoms with Gasteiger partial charge in [-0.25, -0.2) is 0 Å². The highest BCUT2D eigenvalue weighted by molar-refractivity contribution is 5.73. The van der Waals surface area contributed by atoms with Gasteiger partial charge in [-0.2, -0.15) is 13.2 Å². The molecule has 2 aromatic rings. The van der Waals surface area contributed by atoms with Gasteiger partial charge in [-0.3, -0.25) is 4.90 Å². The zero-order chi connectivity index (χ0) is 23.9. The summed E-state index contributed by atoms with van der Waals surface area (Å²) in [5.74, 6) is 0.473. The van der Waals surface area contributed by atoms with Crippen molar-refractivity contribution in [2.75, 3.05) is 37.6 Å². The molecule has 2 N–H and O–H groups in total. The summed E-state index contributed by atoms with van der Waals surface area (Å²) in [6.45, 7) is 7.23. The predicted octanol–water partition coefficient (Wildman–Crippen LogP) is 4.15. The second-order valence-corrected chi connectivity index (χ2v) is 9.77. The Labute approximate surface area is 198 Å². The highest BCUT2D eigenvalue weighted by atomic mass is 19.4. The van der Waals surface area contributed by atoms with E-state index in [1.807, 2.05) is 6.92 Å². The number of alkyl halides is 3. The van der Waals surface area contributed by atoms with Gasteiger partial charge in [-0.15, -0.1) is 10.2 Å². The number of anilines is 1. The standard InChI is InChI=1S/C25H32F3N5O/c1-16-20-5-3-13-33(19-4-2-12-32(15-19)18-8-10-29-11-9-18)24(20)31-30-23(16)21-7-6-17(14-22(21)34)25(26,27)28/h6-7,14,18-19,29,34H,2-5,8-13,15H2,1H3/t19-/m1/s1. The molecule has 1 atom stereocenters. The monoisotopic (exact) mass is 475 g/mol. The highest BCUT2D eigenvalue weighted by Crippen LogP contribution is 2.39. The van der Waals surface area contributed by atoms with Crippen molar-refractivity contribution in [1.29, 1.82) is 0 Å². The molecule has 1 aromatic carbocycles. The largest absolute Gasteiger partial charge is 0.507 e. The van der Waals surface area contributed by atoms with E-state index in [1.54, 1.807) is 0 Å². The second-order valence-electron chi connectivity index (χ2n) is 9.77. The third-order valence-electron chi connectivity index (χ3n) is 7.69. The molecule has 4 heterocycles. The van der Waals surface area contributed by atoms with E-state index in [4.69, 9.17) is 0 Å². The molecular formula is C25H32F3N5O. The maximum absolute atomic E-state index is 13.0. The molecule has 3 aliphatic heterocycles. The Morgan fingerprint density at radius 1 is 1.03 bits per heavy atom. The summed E-state index contributed by atoms with van der Waals surface area (Å²) in [6, 6.07) is 4.08. The summed E-state index contributed by atoms with van der Waals surface area (Å²) in [5, 5.41) is 22.8. The number of phenols is 1. The lowest BCUT2D eigenvalue weighted by molar-refractivity contribution is -0.137. The topological polar surface area (TPSA) is 64.5 Å². The number of rotatable bonds is 3. The first-order valence-electron chi connectivity index (χ1n) is 12.3. The number of piperidine rings is 2. The molecule has 0 aliphatic carbocycles. The minimum absolute atomic E-state index is 0.285. The van der Waals surface area contributed by atoms with Crippen molar-refractivity contribution >= 4 is 5.82 Å². The van der Waals surface area contributed by atoms with Crippen molar-refractivity contribution < 1.29 is 18.3 Å². The van der Waals surface area contributed by atoms with Crippen molar-refractivity contribution in [3.63, 3.8) is 0 Å². The predicted molar refractivity (Wildman–Crippen MR) is 125 cm³/mol. The summed E-state index contributed by atoms with van der Waals surface area (Å²) in [6.07, 6.45) is 2.04. The Kier molecular flexibility index (Phi) is 6.41. The maximum atomic E-state index is 13.0. The Morgan fingerprint density at radius 3 is 2.56 bits per heavy atom. The average molecular weight is 476 g/mol. The van der Waals surface area contributed by atoms with Crippen LogP contribution in [0, 0.1) is 6.92 Å². The van der Waals surface area contributed by atoms with Crippen LogP contribution in [-0.4, -0.2) is 65.0 Å². The summed E-state index contributed by atoms with van der Waals surface area (Å²) < 4.78 is 39.1. The Hall–Kier alpha value is -2.39. The van der Waals surface area contributed by atoms with E-state index in [2.05, 4.69) is 25.3 Å². The number of benzene rings is 1. The minimum Gasteiger partial charge on any atom is -0.507 e. The molecule has 0 bridgehead atoms. The van der Waals surface area contributed by atoms with Gasteiger partial charge in [0.25, 0.3) is 0 Å². The molecule has 3 aliphatic rings. The van der Waals surface area contributed by atoms with E-state index in [0.29, 0.717) is 17.8 Å². The van der Waals surface area contributed by atoms with Gasteiger partial charge in [-0.1, -0.05) is 0 Å². The summed E-state index contributed by atoms with van der Waals surface area (Å²) in [5.41, 5.74) is 1.84. The molecule has 0 radical (unpaired) electrons. The normalized spacial score (nSPS) is 22.6. The molecule has 5 rings (SSSR count). The molecule has 184 valence electrons. The maximum Gasteiger partial charge on any atom is 0.416 e. The van der Waals surface area contributed by atoms with E-state index in [1.165, 1.54) is 25.3 Å². The minimum atomic E-state index is -4.50. The van der Waals surface area contributed by atoms with Gasteiger partial charge < -0.3 is 15.3 Å². The second kappa shape index (κ2) is 9.34. The number of nitrogens with zero attached hydrogens (tertiary/aromatic N) is 4. The number of nitrogens with one attached hydrogen (secondary N) is 1. The number of aromatic hydroxyl groups is 1. The van der Waals surface area contributed by atoms with Crippen LogP contribution in [0.25, 0.3) is 11.3 Å². The fourth-order valence-corrected chi connectivity index (χ4v) is 5.87. The molecule has 1 aromatic heterocycles. The van der Waals surface area contributed by atoms with Crippen LogP contribution in [0.1, 0.15) is 48.8 Å². The van der Waals surface area contributed by atoms with Crippen LogP contribution in [0.3, 0.4) is 0 Å². The average Bonchev–Trinajstić information content (AvgIpc) is 2.84. The summed E-state index contributed by atoms with van der Waals surface area (Å²) >= 11 is 0. The van der Waals surface area contributed by atoms with Gasteiger partial charge in [-0.05, 0) is 88.8 Å². The number of halogens is 3. The lowest BCUT2D eigenvalue weighted by atomic mass is 9.93. The van der Waals surface area contributed by atoms with Crippen molar-refractivity contribution in [1.82, 2.24) is 20.4 Å². The molecule has 0 saturated carbocycles. The van der Waals surface area contributed by atoms with Gasteiger partial charge in [0.2, 0.25) is 0 Å². The van der Waals surface area contributed by atoms with E-state index < -0.39 is 17.5 Å². The summed E-state index contributed by atoms with van der Waals surface area (Å²) in [4.78, 5) is 5.06. The zero-order valence-corrected chi connectivity index (χ0v) is 19.5. The lowest BCUT2D eigenvalue weighted by Crippen LogP contribution is -2.54. The highest BCUT2D eigenvalue weighted by Gasteiger charge is 2.34. The molecule has 0 spiro atoms. The molecule has 2 fully saturated rings. The van der Waals surface area contributed by atoms with E-state index >= 15 is 0 Å². The van der Waals surface area contributed by atoms with Crippen LogP contribution in [0.15, 0.2) is 18.2 Å². The quantitative estimate of drug-likeness (QED) is 0.696. The first kappa shape index (κ1) is 23.4. The Balaban J connectivity index is 1.41. The van der Waals surface area contributed by atoms with Crippen molar-refractivity contribution in [3.8, 4) is 17.0 Å². The van der Waals surface area contributed by atoms with Crippen molar-refractivity contribution in [2.45, 2.75) is 63.7 Å². The molecule has 9 heteroatoms. The Morgan fingerprint density at radius 2 is 1.82 bits per heavy atom. The molecule has 34 heavy (non-hydrogen) atoms. The fourth-order valence-electron chi connectivity index (χ4n) is 5.87. The third kappa shape index (κ3) is 4.47. The smallest absolute Gasteiger partial charge is 0.416 e. The van der Waals surface area contributed by atoms with Crippen LogP contribution in [-0.2, 0) is 12.6 Å². The van der Waals surface area contributed by atoms with Crippen molar-refractivity contribution in [2.24, 2.45) is 0 Å². The Bertz CT molecular complexity index is 1040. The zero-order valence-electron chi connectivity index (χ0n) is 19.5. The first-order valence-corrected chi connectivity index (χ1v) is 12.3. The van der Waals surface area contributed by atoms with Crippen molar-refractivity contribution in [3.05, 3.63) is 34.9 Å². The number of fused-ring (bicyclic) bond motifs is 1. The molecular weight excluding hydrogens is 443 g/mol. The number of aromatic nitrogens is 2. The summed E-state index contributed by atoms with van der Waals surface area (Å²) in [7, 11) is 0. The molecule has 2 saturated heterocycles. The van der Waals surface area contributed by atoms with Gasteiger partial charge in [0.05, 0.1) is 11.3 Å². The molecule has 6 nitrogen and oxygen atoms in total. The van der Waals surface area contributed by atoms with Gasteiger partial charge in [0.1, 0.15) is 5.75 Å². The van der Waals surface area contributed by atoms with Crippen LogP contribution >= 0.6 is 0 Å². The molecule has 0 amide bonds. The van der Waals surface area contributed by atoms with Crippen LogP contribution in [0.5, 0.6) is 5.75 Å². The van der Waals surface area contributed by atoms with E-state index in [-0.39, 0.29) is 5.56 Å².